The van der Waals surface area contributed by atoms with E-state index < -0.39 is 0 Å². The molecule has 1 amide bonds. The maximum atomic E-state index is 11.8. The number of nitrogens with zero attached hydrogens (tertiary/aromatic N) is 1. The summed E-state index contributed by atoms with van der Waals surface area (Å²) < 4.78 is 10.4. The molecule has 3 rings (SSSR count). The van der Waals surface area contributed by atoms with Gasteiger partial charge >= 0.3 is 0 Å². The predicted molar refractivity (Wildman–Crippen MR) is 67.0 cm³/mol. The van der Waals surface area contributed by atoms with Gasteiger partial charge in [0, 0.05) is 17.1 Å². The molecule has 2 heterocycles. The molecule has 0 unspecified atom stereocenters. The van der Waals surface area contributed by atoms with Crippen molar-refractivity contribution >= 4 is 28.1 Å². The Labute approximate surface area is 106 Å². The highest BCUT2D eigenvalue weighted by molar-refractivity contribution is 7.13. The number of nitrogen functional groups attached to an aromatic ring is 1. The second kappa shape index (κ2) is 4.19. The lowest BCUT2D eigenvalue weighted by Gasteiger charge is -2.04. The molecule has 0 atom stereocenters. The zero-order valence-corrected chi connectivity index (χ0v) is 9.99. The van der Waals surface area contributed by atoms with Crippen LogP contribution in [0.3, 0.4) is 0 Å². The summed E-state index contributed by atoms with van der Waals surface area (Å²) >= 11 is 1.22. The Morgan fingerprint density at radius 3 is 3.00 bits per heavy atom. The first-order valence-electron chi connectivity index (χ1n) is 5.14. The summed E-state index contributed by atoms with van der Waals surface area (Å²) in [7, 11) is 0. The van der Waals surface area contributed by atoms with Crippen LogP contribution in [0.25, 0.3) is 0 Å². The largest absolute Gasteiger partial charge is 0.454 e. The molecule has 0 saturated carbocycles. The van der Waals surface area contributed by atoms with E-state index >= 15 is 0 Å². The average Bonchev–Trinajstić information content (AvgIpc) is 2.96. The Hall–Kier alpha value is -2.28. The number of ether oxygens (including phenoxy) is 2. The topological polar surface area (TPSA) is 86.5 Å². The molecule has 92 valence electrons. The molecule has 0 spiro atoms. The molecule has 0 radical (unpaired) electrons. The molecule has 1 aliphatic heterocycles. The minimum absolute atomic E-state index is 0.204. The third-order valence-electron chi connectivity index (χ3n) is 2.39. The monoisotopic (exact) mass is 263 g/mol. The Morgan fingerprint density at radius 1 is 1.39 bits per heavy atom. The fourth-order valence-electron chi connectivity index (χ4n) is 1.56. The highest BCUT2D eigenvalue weighted by atomic mass is 32.1. The molecule has 3 N–H and O–H groups in total. The molecule has 0 fully saturated rings. The number of carbonyl (C=O) groups excluding carboxylic acids is 1. The number of anilines is 2. The van der Waals surface area contributed by atoms with Crippen LogP contribution in [0.15, 0.2) is 23.6 Å². The predicted octanol–water partition coefficient (Wildman–Crippen LogP) is 1.71. The van der Waals surface area contributed by atoms with Crippen molar-refractivity contribution in [1.29, 1.82) is 0 Å². The van der Waals surface area contributed by atoms with E-state index in [1.54, 1.807) is 23.6 Å². The smallest absolute Gasteiger partial charge is 0.275 e. The Kier molecular flexibility index (Phi) is 2.52. The number of nitrogens with one attached hydrogen (secondary N) is 1. The molecule has 0 saturated heterocycles. The first-order valence-corrected chi connectivity index (χ1v) is 6.02. The molecular formula is C11H9N3O3S. The molecule has 1 aromatic carbocycles. The Morgan fingerprint density at radius 2 is 2.22 bits per heavy atom. The number of benzene rings is 1. The van der Waals surface area contributed by atoms with Crippen LogP contribution in [0.1, 0.15) is 10.5 Å². The van der Waals surface area contributed by atoms with Crippen molar-refractivity contribution in [3.8, 4) is 11.5 Å². The van der Waals surface area contributed by atoms with E-state index in [2.05, 4.69) is 10.3 Å². The van der Waals surface area contributed by atoms with Gasteiger partial charge in [0.25, 0.3) is 5.91 Å². The van der Waals surface area contributed by atoms with E-state index in [-0.39, 0.29) is 12.7 Å². The molecule has 6 nitrogen and oxygen atoms in total. The molecule has 2 aromatic rings. The minimum Gasteiger partial charge on any atom is -0.454 e. The van der Waals surface area contributed by atoms with Crippen molar-refractivity contribution in [1.82, 2.24) is 4.98 Å². The van der Waals surface area contributed by atoms with Crippen molar-refractivity contribution in [2.45, 2.75) is 0 Å². The number of nitrogens with two attached hydrogens (primary N) is 1. The highest BCUT2D eigenvalue weighted by Gasteiger charge is 2.15. The van der Waals surface area contributed by atoms with Gasteiger partial charge in [0.2, 0.25) is 6.79 Å². The van der Waals surface area contributed by atoms with Crippen molar-refractivity contribution < 1.29 is 14.3 Å². The molecule has 1 aromatic heterocycles. The second-order valence-electron chi connectivity index (χ2n) is 3.59. The second-order valence-corrected chi connectivity index (χ2v) is 4.48. The summed E-state index contributed by atoms with van der Waals surface area (Å²) in [4.78, 5) is 15.7. The molecule has 0 bridgehead atoms. The van der Waals surface area contributed by atoms with Crippen LogP contribution in [-0.2, 0) is 0 Å². The van der Waals surface area contributed by atoms with Crippen LogP contribution in [0.5, 0.6) is 11.5 Å². The summed E-state index contributed by atoms with van der Waals surface area (Å²) in [5, 5.41) is 4.69. The zero-order chi connectivity index (χ0) is 12.5. The number of hydrogen-bond donors (Lipinski definition) is 2. The van der Waals surface area contributed by atoms with Gasteiger partial charge in [0.05, 0.1) is 0 Å². The first kappa shape index (κ1) is 10.8. The Balaban J connectivity index is 1.78. The number of amides is 1. The zero-order valence-electron chi connectivity index (χ0n) is 9.17. The number of fused-ring (bicyclic) bond motifs is 1. The number of hydrogen-bond acceptors (Lipinski definition) is 6. The van der Waals surface area contributed by atoms with Crippen LogP contribution in [0.4, 0.5) is 10.8 Å². The summed E-state index contributed by atoms with van der Waals surface area (Å²) in [5.74, 6) is 0.985. The van der Waals surface area contributed by atoms with Gasteiger partial charge in [-0.3, -0.25) is 4.79 Å². The standard InChI is InChI=1S/C11H9N3O3S/c12-11-14-7(4-18-11)10(15)13-6-1-2-8-9(3-6)17-5-16-8/h1-4H,5H2,(H2,12,14)(H,13,15). The fourth-order valence-corrected chi connectivity index (χ4v) is 2.10. The maximum absolute atomic E-state index is 11.8. The minimum atomic E-state index is -0.304. The van der Waals surface area contributed by atoms with Gasteiger partial charge in [-0.1, -0.05) is 0 Å². The van der Waals surface area contributed by atoms with Gasteiger partial charge in [-0.15, -0.1) is 11.3 Å². The van der Waals surface area contributed by atoms with E-state index in [0.29, 0.717) is 28.0 Å². The fraction of sp³-hybridized carbons (Fsp3) is 0.0909. The Bertz CT molecular complexity index is 611. The lowest BCUT2D eigenvalue weighted by Crippen LogP contribution is -2.12. The molecule has 1 aliphatic rings. The number of thiazole rings is 1. The van der Waals surface area contributed by atoms with Gasteiger partial charge in [0.15, 0.2) is 16.6 Å². The van der Waals surface area contributed by atoms with Crippen LogP contribution in [0.2, 0.25) is 0 Å². The third-order valence-corrected chi connectivity index (χ3v) is 3.06. The molecule has 7 heteroatoms. The van der Waals surface area contributed by atoms with Gasteiger partial charge in [-0.2, -0.15) is 0 Å². The molecule has 0 aliphatic carbocycles. The van der Waals surface area contributed by atoms with Crippen molar-refractivity contribution in [3.63, 3.8) is 0 Å². The van der Waals surface area contributed by atoms with Crippen LogP contribution >= 0.6 is 11.3 Å². The summed E-state index contributed by atoms with van der Waals surface area (Å²) in [6.07, 6.45) is 0. The van der Waals surface area contributed by atoms with E-state index in [0.717, 1.165) is 0 Å². The van der Waals surface area contributed by atoms with Gasteiger partial charge in [-0.05, 0) is 12.1 Å². The van der Waals surface area contributed by atoms with E-state index in [9.17, 15) is 4.79 Å². The number of rotatable bonds is 2. The van der Waals surface area contributed by atoms with E-state index in [4.69, 9.17) is 15.2 Å². The lowest BCUT2D eigenvalue weighted by atomic mass is 10.2. The maximum Gasteiger partial charge on any atom is 0.275 e. The summed E-state index contributed by atoms with van der Waals surface area (Å²) in [6.45, 7) is 0.204. The SMILES string of the molecule is Nc1nc(C(=O)Nc2ccc3c(c2)OCO3)cs1. The van der Waals surface area contributed by atoms with Crippen LogP contribution in [-0.4, -0.2) is 17.7 Å². The van der Waals surface area contributed by atoms with Gasteiger partial charge < -0.3 is 20.5 Å². The summed E-state index contributed by atoms with van der Waals surface area (Å²) in [5.41, 5.74) is 6.40. The lowest BCUT2D eigenvalue weighted by molar-refractivity contribution is 0.102. The summed E-state index contributed by atoms with van der Waals surface area (Å²) in [6, 6.07) is 5.18. The van der Waals surface area contributed by atoms with E-state index in [1.807, 2.05) is 0 Å². The first-order chi connectivity index (χ1) is 8.72. The van der Waals surface area contributed by atoms with Gasteiger partial charge in [-0.25, -0.2) is 4.98 Å². The number of aromatic nitrogens is 1. The van der Waals surface area contributed by atoms with Crippen LogP contribution < -0.4 is 20.5 Å². The van der Waals surface area contributed by atoms with Crippen molar-refractivity contribution in [3.05, 3.63) is 29.3 Å². The molecule has 18 heavy (non-hydrogen) atoms. The quantitative estimate of drug-likeness (QED) is 0.861. The van der Waals surface area contributed by atoms with Crippen LogP contribution in [0, 0.1) is 0 Å². The third kappa shape index (κ3) is 1.95. The number of carbonyl (C=O) groups is 1. The van der Waals surface area contributed by atoms with E-state index in [1.165, 1.54) is 11.3 Å². The highest BCUT2D eigenvalue weighted by Crippen LogP contribution is 2.34. The molecular weight excluding hydrogens is 254 g/mol. The van der Waals surface area contributed by atoms with Crippen molar-refractivity contribution in [2.24, 2.45) is 0 Å². The normalized spacial score (nSPS) is 12.4. The average molecular weight is 263 g/mol. The van der Waals surface area contributed by atoms with Gasteiger partial charge in [0.1, 0.15) is 5.69 Å². The van der Waals surface area contributed by atoms with Crippen molar-refractivity contribution in [2.75, 3.05) is 17.8 Å².